The predicted molar refractivity (Wildman–Crippen MR) is 363 cm³/mol. The molecule has 1 aliphatic carbocycles. The maximum Gasteiger partial charge on any atom is 0.416 e. The molecule has 3 heterocycles. The lowest BCUT2D eigenvalue weighted by Crippen LogP contribution is -2.50. The largest absolute Gasteiger partial charge is 0.465 e. The molecule has 3 fully saturated rings. The van der Waals surface area contributed by atoms with E-state index in [2.05, 4.69) is 33.9 Å². The van der Waals surface area contributed by atoms with E-state index in [-0.39, 0.29) is 55.5 Å². The summed E-state index contributed by atoms with van der Waals surface area (Å²) in [4.78, 5) is 81.2. The number of halogens is 7. The van der Waals surface area contributed by atoms with E-state index >= 15 is 0 Å². The van der Waals surface area contributed by atoms with Gasteiger partial charge in [-0.1, -0.05) is 103 Å². The third kappa shape index (κ3) is 18.2. The van der Waals surface area contributed by atoms with Gasteiger partial charge in [-0.05, 0) is 161 Å². The lowest BCUT2D eigenvalue weighted by atomic mass is 9.72. The van der Waals surface area contributed by atoms with Gasteiger partial charge in [0.1, 0.15) is 24.8 Å². The van der Waals surface area contributed by atoms with Crippen molar-refractivity contribution in [1.29, 1.82) is 0 Å². The second-order valence-electron chi connectivity index (χ2n) is 27.0. The van der Waals surface area contributed by atoms with Gasteiger partial charge in [0.15, 0.2) is 0 Å². The number of fused-ring (bicyclic) bond motifs is 2. The monoisotopic (exact) mass is 1370 g/mol. The average molecular weight is 1380 g/mol. The van der Waals surface area contributed by atoms with Crippen LogP contribution < -0.4 is 4.90 Å². The number of alkyl halides is 6. The van der Waals surface area contributed by atoms with E-state index < -0.39 is 64.6 Å². The number of piperidine rings is 2. The summed E-state index contributed by atoms with van der Waals surface area (Å²) < 4.78 is 110. The van der Waals surface area contributed by atoms with E-state index in [9.17, 15) is 59.8 Å². The van der Waals surface area contributed by atoms with Gasteiger partial charge in [0.2, 0.25) is 11.8 Å². The molecule has 0 saturated carbocycles. The molecule has 2 atom stereocenters. The fraction of sp³-hybridized carbons (Fsp3) is 0.461. The Labute approximate surface area is 574 Å². The van der Waals surface area contributed by atoms with Crippen molar-refractivity contribution in [2.75, 3.05) is 118 Å². The van der Waals surface area contributed by atoms with Crippen LogP contribution in [-0.4, -0.2) is 195 Å². The van der Waals surface area contributed by atoms with Crippen molar-refractivity contribution >= 4 is 35.4 Å². The highest BCUT2D eigenvalue weighted by molar-refractivity contribution is 5.96. The van der Waals surface area contributed by atoms with Crippen LogP contribution in [0.15, 0.2) is 146 Å². The van der Waals surface area contributed by atoms with Gasteiger partial charge in [0.25, 0.3) is 11.8 Å². The Balaban J connectivity index is 0.614. The fourth-order valence-electron chi connectivity index (χ4n) is 14.6. The molecule has 1 spiro atoms. The van der Waals surface area contributed by atoms with Crippen LogP contribution in [0.3, 0.4) is 0 Å². The number of likely N-dealkylation sites (N-methyl/N-ethyl adjacent to an activating group) is 2. The number of nitrogens with zero attached hydrogens (tertiary/aromatic N) is 8. The number of carboxylic acid groups (broad SMARTS) is 1. The van der Waals surface area contributed by atoms with Gasteiger partial charge in [-0.2, -0.15) is 26.3 Å². The van der Waals surface area contributed by atoms with Crippen LogP contribution in [0.2, 0.25) is 0 Å². The number of rotatable bonds is 27. The number of unbranched alkanes of at least 4 members (excludes halogenated alkanes) is 2. The molecule has 16 nitrogen and oxygen atoms in total. The van der Waals surface area contributed by atoms with Crippen LogP contribution in [0.1, 0.15) is 118 Å². The van der Waals surface area contributed by atoms with Gasteiger partial charge in [-0.15, -0.1) is 0 Å². The molecule has 0 radical (unpaired) electrons. The Hall–Kier alpha value is -8.22. The number of hydrogen-bond acceptors (Lipinski definition) is 10. The van der Waals surface area contributed by atoms with Crippen LogP contribution in [0.5, 0.6) is 0 Å². The summed E-state index contributed by atoms with van der Waals surface area (Å²) in [5, 5.41) is 10.4. The van der Waals surface area contributed by atoms with Crippen molar-refractivity contribution in [3.05, 3.63) is 196 Å². The Bertz CT molecular complexity index is 3700. The minimum absolute atomic E-state index is 0.0281. The van der Waals surface area contributed by atoms with Crippen LogP contribution in [0, 0.1) is 5.82 Å². The maximum atomic E-state index is 14.3. The summed E-state index contributed by atoms with van der Waals surface area (Å²) in [6.45, 7) is 6.07. The lowest BCUT2D eigenvalue weighted by Gasteiger charge is -2.44. The Morgan fingerprint density at radius 1 is 0.636 bits per heavy atom. The van der Waals surface area contributed by atoms with Gasteiger partial charge < -0.3 is 48.9 Å². The number of carbonyl (C=O) groups is 5. The number of para-hydroxylation sites is 1. The van der Waals surface area contributed by atoms with E-state index in [1.807, 2.05) is 98.0 Å². The summed E-state index contributed by atoms with van der Waals surface area (Å²) in [5.74, 6) is -1.80. The minimum Gasteiger partial charge on any atom is -0.465 e. The van der Waals surface area contributed by atoms with Gasteiger partial charge in [0, 0.05) is 108 Å². The van der Waals surface area contributed by atoms with E-state index in [1.54, 1.807) is 28.8 Å². The molecule has 6 aromatic carbocycles. The first-order valence-corrected chi connectivity index (χ1v) is 34.1. The highest BCUT2D eigenvalue weighted by Gasteiger charge is 2.50. The summed E-state index contributed by atoms with van der Waals surface area (Å²) in [7, 11) is 7.39. The number of hydrogen-bond donors (Lipinski definition) is 1. The topological polar surface area (TPSA) is 150 Å². The molecule has 0 bridgehead atoms. The van der Waals surface area contributed by atoms with Crippen LogP contribution >= 0.6 is 0 Å². The highest BCUT2D eigenvalue weighted by atomic mass is 19.4. The van der Waals surface area contributed by atoms with Crippen LogP contribution in [0.25, 0.3) is 11.1 Å². The van der Waals surface area contributed by atoms with Crippen molar-refractivity contribution in [2.24, 2.45) is 0 Å². The van der Waals surface area contributed by atoms with E-state index in [0.29, 0.717) is 120 Å². The van der Waals surface area contributed by atoms with Crippen LogP contribution in [-0.2, 0) is 55.4 Å². The summed E-state index contributed by atoms with van der Waals surface area (Å²) >= 11 is 0. The molecule has 23 heteroatoms. The third-order valence-corrected chi connectivity index (χ3v) is 20.4. The fourth-order valence-corrected chi connectivity index (χ4v) is 14.6. The first kappa shape index (κ1) is 73.5. The van der Waals surface area contributed by atoms with Crippen molar-refractivity contribution in [3.63, 3.8) is 0 Å². The summed E-state index contributed by atoms with van der Waals surface area (Å²) in [6.07, 6.45) is -4.26. The van der Waals surface area contributed by atoms with E-state index in [4.69, 9.17) is 9.47 Å². The molecule has 3 aliphatic heterocycles. The molecule has 6 aromatic rings. The number of amides is 5. The molecule has 530 valence electrons. The summed E-state index contributed by atoms with van der Waals surface area (Å²) in [6, 6.07) is 39.4. The molecule has 10 rings (SSSR count). The molecule has 4 aliphatic rings. The molecule has 0 unspecified atom stereocenters. The number of anilines is 1. The van der Waals surface area contributed by atoms with Gasteiger partial charge in [0.05, 0.1) is 29.5 Å². The Kier molecular flexibility index (Phi) is 24.1. The van der Waals surface area contributed by atoms with E-state index in [1.165, 1.54) is 29.2 Å². The number of ether oxygens (including phenoxy) is 2. The van der Waals surface area contributed by atoms with Crippen LogP contribution in [0.4, 0.5) is 41.2 Å². The molecule has 3 saturated heterocycles. The number of benzene rings is 6. The molecule has 1 N–H and O–H groups in total. The second kappa shape index (κ2) is 32.4. The number of carbonyl (C=O) groups excluding carboxylic acids is 4. The van der Waals surface area contributed by atoms with E-state index in [0.717, 1.165) is 78.2 Å². The molecule has 99 heavy (non-hydrogen) atoms. The lowest BCUT2D eigenvalue weighted by molar-refractivity contribution is -0.143. The zero-order chi connectivity index (χ0) is 70.7. The zero-order valence-corrected chi connectivity index (χ0v) is 56.7. The number of likely N-dealkylation sites (tertiary alicyclic amines) is 2. The first-order valence-electron chi connectivity index (χ1n) is 34.1. The zero-order valence-electron chi connectivity index (χ0n) is 56.7. The molecular formula is C76H89F7N8O8. The smallest absolute Gasteiger partial charge is 0.416 e. The third-order valence-electron chi connectivity index (χ3n) is 20.4. The second-order valence-corrected chi connectivity index (χ2v) is 27.0. The minimum atomic E-state index is -5.15. The quantitative estimate of drug-likeness (QED) is 0.0388. The van der Waals surface area contributed by atoms with Gasteiger partial charge in [-0.3, -0.25) is 24.1 Å². The normalized spacial score (nSPS) is 18.2. The van der Waals surface area contributed by atoms with Gasteiger partial charge in [-0.25, -0.2) is 9.18 Å². The standard InChI is InChI=1S/C76H89F7N8O8/c1-84(36-14-6-9-22-68(92)86(3)44-45-88-39-31-63(32-40-88)91(72(96)97)66-21-13-11-19-64(66)55-16-7-5-8-17-55)50-54-23-25-56(26-24-54)70(94)87(4)38-15-37-85(2)69(93)51-98-67-48-57-18-10-12-20-65(57)73(67)33-41-89(42-34-73)43-35-74(59-27-29-62(77)30-28-59)52-90(53-99-74)71(95)58-46-60(75(78,79)80)49-61(47-58)76(81,82)83/h5,7-8,10-13,16-21,23-30,46-47,49,63,67H,6,9,14-15,22,31-45,48,50-53H2,1-4H3,(H,96,97)/t67-,74+/m0/s1. The van der Waals surface area contributed by atoms with Crippen molar-refractivity contribution < 1.29 is 69.3 Å². The highest BCUT2D eigenvalue weighted by Crippen LogP contribution is 2.49. The molecular weight excluding hydrogens is 1290 g/mol. The first-order chi connectivity index (χ1) is 47.3. The van der Waals surface area contributed by atoms with Crippen molar-refractivity contribution in [2.45, 2.75) is 113 Å². The van der Waals surface area contributed by atoms with Gasteiger partial charge >= 0.3 is 18.4 Å². The maximum absolute atomic E-state index is 14.3. The van der Waals surface area contributed by atoms with Crippen molar-refractivity contribution in [1.82, 2.24) is 34.3 Å². The Morgan fingerprint density at radius 2 is 1.26 bits per heavy atom. The average Bonchev–Trinajstić information content (AvgIpc) is 1.67. The molecule has 5 amide bonds. The predicted octanol–water partition coefficient (Wildman–Crippen LogP) is 12.9. The van der Waals surface area contributed by atoms with Crippen molar-refractivity contribution in [3.8, 4) is 11.1 Å². The summed E-state index contributed by atoms with van der Waals surface area (Å²) in [5.41, 5.74) is 1.32. The SMILES string of the molecule is CN(CCCCCC(=O)N(C)CCN1CCC(N(C(=O)O)c2ccccc2-c2ccccc2)CC1)Cc1ccc(C(=O)N(C)CCCN(C)C(=O)CO[C@H]2Cc3ccccc3C23CCN(CC[C@]2(c4ccc(F)cc4)CN(C(=O)c4cc(C(F)(F)F)cc(C(F)(F)F)c4)CO2)CC3)cc1. The molecule has 0 aromatic heterocycles. The Morgan fingerprint density at radius 3 is 1.94 bits per heavy atom.